The number of rotatable bonds is 6. The van der Waals surface area contributed by atoms with Crippen molar-refractivity contribution in [3.05, 3.63) is 42.2 Å². The maximum atomic E-state index is 12.2. The van der Waals surface area contributed by atoms with Gasteiger partial charge in [-0.2, -0.15) is 5.10 Å². The molecule has 0 aliphatic heterocycles. The summed E-state index contributed by atoms with van der Waals surface area (Å²) in [5.74, 6) is 0.449. The van der Waals surface area contributed by atoms with Gasteiger partial charge in [0.1, 0.15) is 11.8 Å². The third-order valence-electron chi connectivity index (χ3n) is 3.10. The summed E-state index contributed by atoms with van der Waals surface area (Å²) in [6, 6.07) is 6.55. The van der Waals surface area contributed by atoms with Gasteiger partial charge in [0, 0.05) is 23.6 Å². The van der Waals surface area contributed by atoms with Gasteiger partial charge in [0.2, 0.25) is 5.91 Å². The predicted molar refractivity (Wildman–Crippen MR) is 79.1 cm³/mol. The lowest BCUT2D eigenvalue weighted by molar-refractivity contribution is -0.119. The van der Waals surface area contributed by atoms with Crippen molar-refractivity contribution < 1.29 is 14.6 Å². The van der Waals surface area contributed by atoms with Crippen molar-refractivity contribution in [1.29, 1.82) is 0 Å². The number of benzene rings is 1. The van der Waals surface area contributed by atoms with Crippen LogP contribution >= 0.6 is 0 Å². The topological polar surface area (TPSA) is 76.4 Å². The number of carbonyl (C=O) groups excluding carboxylic acids is 1. The zero-order valence-corrected chi connectivity index (χ0v) is 12.1. The second-order valence-electron chi connectivity index (χ2n) is 4.56. The lowest BCUT2D eigenvalue weighted by Crippen LogP contribution is -2.24. The summed E-state index contributed by atoms with van der Waals surface area (Å²) in [6.07, 6.45) is 3.37. The summed E-state index contributed by atoms with van der Waals surface area (Å²) >= 11 is 0. The highest BCUT2D eigenvalue weighted by molar-refractivity contribution is 5.93. The first-order valence-electron chi connectivity index (χ1n) is 6.82. The molecule has 0 fully saturated rings. The Hall–Kier alpha value is -2.34. The number of aliphatic hydroxyl groups is 1. The summed E-state index contributed by atoms with van der Waals surface area (Å²) < 4.78 is 6.99. The maximum absolute atomic E-state index is 12.2. The van der Waals surface area contributed by atoms with Gasteiger partial charge in [-0.3, -0.25) is 9.48 Å². The summed E-state index contributed by atoms with van der Waals surface area (Å²) in [7, 11) is 0. The molecule has 6 heteroatoms. The first kappa shape index (κ1) is 15.1. The quantitative estimate of drug-likeness (QED) is 0.852. The molecule has 0 aliphatic rings. The highest BCUT2D eigenvalue weighted by Gasteiger charge is 2.15. The Bertz CT molecular complexity index is 596. The van der Waals surface area contributed by atoms with E-state index in [9.17, 15) is 9.90 Å². The Balaban J connectivity index is 2.10. The first-order chi connectivity index (χ1) is 10.2. The Morgan fingerprint density at radius 3 is 2.95 bits per heavy atom. The van der Waals surface area contributed by atoms with Gasteiger partial charge in [0.05, 0.1) is 13.2 Å². The monoisotopic (exact) mass is 289 g/mol. The van der Waals surface area contributed by atoms with Gasteiger partial charge in [-0.1, -0.05) is 0 Å². The van der Waals surface area contributed by atoms with Crippen LogP contribution in [0.15, 0.2) is 36.7 Å². The second kappa shape index (κ2) is 6.90. The lowest BCUT2D eigenvalue weighted by Gasteiger charge is -2.14. The van der Waals surface area contributed by atoms with Gasteiger partial charge in [0.25, 0.3) is 0 Å². The van der Waals surface area contributed by atoms with E-state index in [1.165, 1.54) is 0 Å². The van der Waals surface area contributed by atoms with Crippen LogP contribution in [0.5, 0.6) is 5.75 Å². The van der Waals surface area contributed by atoms with Crippen LogP contribution in [0.1, 0.15) is 25.5 Å². The zero-order chi connectivity index (χ0) is 15.2. The molecule has 6 nitrogen and oxygen atoms in total. The summed E-state index contributed by atoms with van der Waals surface area (Å²) in [4.78, 5) is 12.2. The van der Waals surface area contributed by atoms with Gasteiger partial charge in [-0.15, -0.1) is 0 Å². The Kier molecular flexibility index (Phi) is 4.94. The number of aliphatic hydroxyl groups excluding tert-OH is 1. The Morgan fingerprint density at radius 2 is 2.33 bits per heavy atom. The highest BCUT2D eigenvalue weighted by atomic mass is 16.5. The summed E-state index contributed by atoms with van der Waals surface area (Å²) in [6.45, 7) is 4.02. The van der Waals surface area contributed by atoms with Crippen LogP contribution in [0.4, 0.5) is 5.69 Å². The molecule has 1 atom stereocenters. The molecule has 112 valence electrons. The van der Waals surface area contributed by atoms with E-state index in [0.29, 0.717) is 23.6 Å². The number of aromatic nitrogens is 2. The molecule has 0 radical (unpaired) electrons. The van der Waals surface area contributed by atoms with E-state index in [1.54, 1.807) is 48.3 Å². The molecule has 2 rings (SSSR count). The molecule has 1 aromatic carbocycles. The zero-order valence-electron chi connectivity index (χ0n) is 12.1. The van der Waals surface area contributed by atoms with Crippen molar-refractivity contribution >= 4 is 11.6 Å². The minimum absolute atomic E-state index is 0.145. The molecule has 0 saturated carbocycles. The summed E-state index contributed by atoms with van der Waals surface area (Å²) in [5, 5.41) is 16.2. The molecule has 1 aromatic heterocycles. The van der Waals surface area contributed by atoms with E-state index < -0.39 is 6.04 Å². The van der Waals surface area contributed by atoms with Gasteiger partial charge >= 0.3 is 0 Å². The van der Waals surface area contributed by atoms with E-state index in [0.717, 1.165) is 0 Å². The SMILES string of the molecule is CCOc1ccc(NC(=O)C(C)n2cccn2)cc1CO. The van der Waals surface area contributed by atoms with Crippen LogP contribution in [0.2, 0.25) is 0 Å². The number of hydrogen-bond acceptors (Lipinski definition) is 4. The average molecular weight is 289 g/mol. The lowest BCUT2D eigenvalue weighted by atomic mass is 10.1. The number of nitrogens with one attached hydrogen (secondary N) is 1. The number of nitrogens with zero attached hydrogens (tertiary/aromatic N) is 2. The third kappa shape index (κ3) is 3.61. The Morgan fingerprint density at radius 1 is 1.52 bits per heavy atom. The van der Waals surface area contributed by atoms with E-state index in [1.807, 2.05) is 6.92 Å². The molecule has 2 aromatic rings. The molecule has 21 heavy (non-hydrogen) atoms. The fourth-order valence-corrected chi connectivity index (χ4v) is 1.95. The molecule has 0 spiro atoms. The van der Waals surface area contributed by atoms with Crippen LogP contribution in [-0.2, 0) is 11.4 Å². The van der Waals surface area contributed by atoms with Crippen LogP contribution in [-0.4, -0.2) is 27.4 Å². The number of ether oxygens (including phenoxy) is 1. The molecule has 0 bridgehead atoms. The first-order valence-corrected chi connectivity index (χ1v) is 6.82. The van der Waals surface area contributed by atoms with E-state index in [4.69, 9.17) is 4.74 Å². The molecule has 1 unspecified atom stereocenters. The standard InChI is InChI=1S/C15H19N3O3/c1-3-21-14-6-5-13(9-12(14)10-19)17-15(20)11(2)18-8-4-7-16-18/h4-9,11,19H,3,10H2,1-2H3,(H,17,20). The normalized spacial score (nSPS) is 12.0. The maximum Gasteiger partial charge on any atom is 0.248 e. The number of hydrogen-bond donors (Lipinski definition) is 2. The average Bonchev–Trinajstić information content (AvgIpc) is 3.02. The molecule has 1 heterocycles. The molecule has 2 N–H and O–H groups in total. The van der Waals surface area contributed by atoms with Gasteiger partial charge in [-0.25, -0.2) is 0 Å². The number of amides is 1. The molecule has 1 amide bonds. The van der Waals surface area contributed by atoms with Crippen LogP contribution < -0.4 is 10.1 Å². The van der Waals surface area contributed by atoms with Crippen molar-refractivity contribution in [1.82, 2.24) is 9.78 Å². The van der Waals surface area contributed by atoms with Crippen molar-refractivity contribution in [3.63, 3.8) is 0 Å². The predicted octanol–water partition coefficient (Wildman–Crippen LogP) is 1.97. The molecule has 0 saturated heterocycles. The minimum Gasteiger partial charge on any atom is -0.494 e. The Labute approximate surface area is 123 Å². The second-order valence-corrected chi connectivity index (χ2v) is 4.56. The molecular formula is C15H19N3O3. The van der Waals surface area contributed by atoms with Crippen molar-refractivity contribution in [2.75, 3.05) is 11.9 Å². The van der Waals surface area contributed by atoms with Gasteiger partial charge in [0.15, 0.2) is 0 Å². The summed E-state index contributed by atoms with van der Waals surface area (Å²) in [5.41, 5.74) is 1.26. The van der Waals surface area contributed by atoms with Crippen LogP contribution in [0.3, 0.4) is 0 Å². The third-order valence-corrected chi connectivity index (χ3v) is 3.10. The fraction of sp³-hybridized carbons (Fsp3) is 0.333. The highest BCUT2D eigenvalue weighted by Crippen LogP contribution is 2.23. The van der Waals surface area contributed by atoms with Crippen molar-refractivity contribution in [2.45, 2.75) is 26.5 Å². The fourth-order valence-electron chi connectivity index (χ4n) is 1.95. The van der Waals surface area contributed by atoms with Crippen LogP contribution in [0, 0.1) is 0 Å². The molecule has 0 aliphatic carbocycles. The largest absolute Gasteiger partial charge is 0.494 e. The van der Waals surface area contributed by atoms with E-state index >= 15 is 0 Å². The van der Waals surface area contributed by atoms with Crippen molar-refractivity contribution in [3.8, 4) is 5.75 Å². The molecular weight excluding hydrogens is 270 g/mol. The van der Waals surface area contributed by atoms with Gasteiger partial charge < -0.3 is 15.2 Å². The number of anilines is 1. The smallest absolute Gasteiger partial charge is 0.248 e. The minimum atomic E-state index is -0.413. The van der Waals surface area contributed by atoms with E-state index in [-0.39, 0.29) is 12.5 Å². The number of carbonyl (C=O) groups is 1. The van der Waals surface area contributed by atoms with Crippen molar-refractivity contribution in [2.24, 2.45) is 0 Å². The van der Waals surface area contributed by atoms with E-state index in [2.05, 4.69) is 10.4 Å². The van der Waals surface area contributed by atoms with Gasteiger partial charge in [-0.05, 0) is 38.1 Å². The van der Waals surface area contributed by atoms with Crippen LogP contribution in [0.25, 0.3) is 0 Å².